The van der Waals surface area contributed by atoms with E-state index in [1.165, 1.54) is 12.1 Å². The van der Waals surface area contributed by atoms with Crippen LogP contribution in [0.4, 0.5) is 0 Å². The molecule has 0 spiro atoms. The Hall–Kier alpha value is -0.540. The summed E-state index contributed by atoms with van der Waals surface area (Å²) in [5, 5.41) is 5.03. The highest BCUT2D eigenvalue weighted by molar-refractivity contribution is 9.10. The van der Waals surface area contributed by atoms with Crippen LogP contribution >= 0.6 is 27.3 Å². The first-order chi connectivity index (χ1) is 8.79. The lowest BCUT2D eigenvalue weighted by atomic mass is 10.2. The van der Waals surface area contributed by atoms with E-state index in [1.807, 2.05) is 13.0 Å². The smallest absolute Gasteiger partial charge is 0.247 e. The van der Waals surface area contributed by atoms with Gasteiger partial charge >= 0.3 is 0 Å². The van der Waals surface area contributed by atoms with Crippen molar-refractivity contribution in [2.45, 2.75) is 20.2 Å². The Morgan fingerprint density at radius 1 is 1.26 bits per heavy atom. The monoisotopic (exact) mass is 379 g/mol. The maximum Gasteiger partial charge on any atom is 0.247 e. The van der Waals surface area contributed by atoms with Crippen LogP contribution in [0.3, 0.4) is 0 Å². The molecule has 2 rings (SSSR count). The van der Waals surface area contributed by atoms with E-state index in [0.29, 0.717) is 9.10 Å². The fourth-order valence-electron chi connectivity index (χ4n) is 1.40. The highest BCUT2D eigenvalue weighted by Gasteiger charge is 2.16. The zero-order valence-electron chi connectivity index (χ0n) is 9.79. The third kappa shape index (κ3) is 3.32. The average Bonchev–Trinajstić information content (AvgIpc) is 2.81. The fraction of sp³-hybridized carbons (Fsp3) is 0.0909. The number of primary sulfonamides is 1. The number of thiophene rings is 1. The Bertz CT molecular complexity index is 752. The van der Waals surface area contributed by atoms with Crippen molar-refractivity contribution in [1.29, 1.82) is 0 Å². The molecule has 0 saturated carbocycles. The molecule has 0 amide bonds. The highest BCUT2D eigenvalue weighted by Crippen LogP contribution is 2.28. The van der Waals surface area contributed by atoms with Gasteiger partial charge in [0.25, 0.3) is 0 Å². The van der Waals surface area contributed by atoms with E-state index in [4.69, 9.17) is 5.14 Å². The molecule has 1 aromatic heterocycles. The number of aryl methyl sites for hydroxylation is 1. The Balaban J connectivity index is 2.39. The number of hydrogen-bond acceptors (Lipinski definition) is 4. The van der Waals surface area contributed by atoms with Crippen molar-refractivity contribution < 1.29 is 12.6 Å². The number of benzene rings is 1. The number of sulfonamides is 1. The van der Waals surface area contributed by atoms with Crippen molar-refractivity contribution in [1.82, 2.24) is 0 Å². The SMILES string of the molecule is Cc1cc(S(=O)c2ccc(S(N)(=O)=O)s2)ccc1Br. The average molecular weight is 380 g/mol. The van der Waals surface area contributed by atoms with Gasteiger partial charge in [0.1, 0.15) is 4.21 Å². The normalized spacial score (nSPS) is 13.4. The van der Waals surface area contributed by atoms with Gasteiger partial charge in [0.15, 0.2) is 0 Å². The highest BCUT2D eigenvalue weighted by atomic mass is 79.9. The fourth-order valence-corrected chi connectivity index (χ4v) is 5.03. The molecule has 0 aliphatic heterocycles. The molecule has 1 heterocycles. The van der Waals surface area contributed by atoms with Crippen molar-refractivity contribution in [2.24, 2.45) is 5.14 Å². The van der Waals surface area contributed by atoms with Gasteiger partial charge in [-0.25, -0.2) is 17.8 Å². The molecule has 1 atom stereocenters. The van der Waals surface area contributed by atoms with E-state index in [-0.39, 0.29) is 4.21 Å². The number of hydrogen-bond donors (Lipinski definition) is 1. The van der Waals surface area contributed by atoms with Crippen molar-refractivity contribution in [2.75, 3.05) is 0 Å². The molecule has 1 aromatic carbocycles. The zero-order valence-corrected chi connectivity index (χ0v) is 13.8. The molecule has 0 saturated heterocycles. The van der Waals surface area contributed by atoms with Gasteiger partial charge in [-0.15, -0.1) is 11.3 Å². The van der Waals surface area contributed by atoms with Crippen molar-refractivity contribution in [3.63, 3.8) is 0 Å². The lowest BCUT2D eigenvalue weighted by molar-refractivity contribution is 0.600. The summed E-state index contributed by atoms with van der Waals surface area (Å²) in [6, 6.07) is 8.26. The van der Waals surface area contributed by atoms with Crippen LogP contribution in [-0.2, 0) is 20.8 Å². The lowest BCUT2D eigenvalue weighted by Gasteiger charge is -2.02. The molecule has 2 aromatic rings. The van der Waals surface area contributed by atoms with E-state index in [0.717, 1.165) is 21.4 Å². The van der Waals surface area contributed by atoms with Gasteiger partial charge in [0.2, 0.25) is 10.0 Å². The molecule has 0 aliphatic rings. The summed E-state index contributed by atoms with van der Waals surface area (Å²) in [7, 11) is -5.14. The van der Waals surface area contributed by atoms with Crippen LogP contribution in [0.2, 0.25) is 0 Å². The molecule has 2 N–H and O–H groups in total. The Labute approximate surface area is 126 Å². The molecule has 102 valence electrons. The Morgan fingerprint density at radius 2 is 1.95 bits per heavy atom. The zero-order chi connectivity index (χ0) is 14.2. The van der Waals surface area contributed by atoms with E-state index >= 15 is 0 Å². The van der Waals surface area contributed by atoms with Crippen LogP contribution in [0.25, 0.3) is 0 Å². The Morgan fingerprint density at radius 3 is 2.47 bits per heavy atom. The first kappa shape index (κ1) is 14.9. The summed E-state index contributed by atoms with van der Waals surface area (Å²) >= 11 is 4.30. The van der Waals surface area contributed by atoms with Crippen LogP contribution in [0.1, 0.15) is 5.56 Å². The lowest BCUT2D eigenvalue weighted by Crippen LogP contribution is -2.09. The number of nitrogens with two attached hydrogens (primary N) is 1. The minimum atomic E-state index is -3.74. The summed E-state index contributed by atoms with van der Waals surface area (Å²) in [5.41, 5.74) is 0.967. The predicted octanol–water partition coefficient (Wildman–Crippen LogP) is 2.63. The quantitative estimate of drug-likeness (QED) is 0.889. The second kappa shape index (κ2) is 5.45. The summed E-state index contributed by atoms with van der Waals surface area (Å²) < 4.78 is 36.1. The first-order valence-corrected chi connectivity index (χ1v) is 9.40. The van der Waals surface area contributed by atoms with Crippen LogP contribution in [0.5, 0.6) is 0 Å². The van der Waals surface area contributed by atoms with Crippen LogP contribution in [0.15, 0.2) is 48.1 Å². The predicted molar refractivity (Wildman–Crippen MR) is 79.2 cm³/mol. The van der Waals surface area contributed by atoms with Gasteiger partial charge in [0, 0.05) is 9.37 Å². The molecular weight excluding hydrogens is 370 g/mol. The minimum absolute atomic E-state index is 0.0182. The molecule has 0 bridgehead atoms. The van der Waals surface area contributed by atoms with Crippen molar-refractivity contribution in [3.05, 3.63) is 40.4 Å². The first-order valence-electron chi connectivity index (χ1n) is 5.09. The molecule has 0 fully saturated rings. The van der Waals surface area contributed by atoms with Crippen molar-refractivity contribution in [3.8, 4) is 0 Å². The molecular formula is C11H10BrNO3S3. The van der Waals surface area contributed by atoms with Gasteiger partial charge in [-0.3, -0.25) is 0 Å². The molecule has 0 aliphatic carbocycles. The molecule has 8 heteroatoms. The minimum Gasteiger partial charge on any atom is -0.248 e. The van der Waals surface area contributed by atoms with Crippen LogP contribution in [0, 0.1) is 6.92 Å². The van der Waals surface area contributed by atoms with Crippen LogP contribution in [-0.4, -0.2) is 12.6 Å². The summed E-state index contributed by atoms with van der Waals surface area (Å²) in [5.74, 6) is 0. The van der Waals surface area contributed by atoms with Gasteiger partial charge in [0.05, 0.1) is 15.0 Å². The molecule has 0 radical (unpaired) electrons. The van der Waals surface area contributed by atoms with Crippen molar-refractivity contribution >= 4 is 48.1 Å². The van der Waals surface area contributed by atoms with E-state index in [2.05, 4.69) is 15.9 Å². The van der Waals surface area contributed by atoms with E-state index < -0.39 is 20.8 Å². The summed E-state index contributed by atoms with van der Waals surface area (Å²) in [6.07, 6.45) is 0. The number of halogens is 1. The molecule has 19 heavy (non-hydrogen) atoms. The standard InChI is InChI=1S/C11H10BrNO3S3/c1-7-6-8(2-3-9(7)12)18(14)10-4-5-11(17-10)19(13,15)16/h2-6H,1H3,(H2,13,15,16). The third-order valence-electron chi connectivity index (χ3n) is 2.36. The topological polar surface area (TPSA) is 77.2 Å². The van der Waals surface area contributed by atoms with Gasteiger partial charge in [-0.1, -0.05) is 15.9 Å². The maximum atomic E-state index is 12.3. The second-order valence-corrected chi connectivity index (χ2v) is 9.23. The van der Waals surface area contributed by atoms with Gasteiger partial charge in [-0.05, 0) is 42.8 Å². The van der Waals surface area contributed by atoms with E-state index in [1.54, 1.807) is 12.1 Å². The summed E-state index contributed by atoms with van der Waals surface area (Å²) in [4.78, 5) is 0.628. The van der Waals surface area contributed by atoms with Crippen LogP contribution < -0.4 is 5.14 Å². The summed E-state index contributed by atoms with van der Waals surface area (Å²) in [6.45, 7) is 1.90. The van der Waals surface area contributed by atoms with E-state index in [9.17, 15) is 12.6 Å². The van der Waals surface area contributed by atoms with Gasteiger partial charge in [-0.2, -0.15) is 0 Å². The third-order valence-corrected chi connectivity index (χ3v) is 7.46. The van der Waals surface area contributed by atoms with Gasteiger partial charge < -0.3 is 0 Å². The second-order valence-electron chi connectivity index (χ2n) is 3.80. The molecule has 1 unspecified atom stereocenters. The Kier molecular flexibility index (Phi) is 4.26. The molecule has 4 nitrogen and oxygen atoms in total. The largest absolute Gasteiger partial charge is 0.248 e. The number of rotatable bonds is 3. The maximum absolute atomic E-state index is 12.3.